The van der Waals surface area contributed by atoms with Gasteiger partial charge in [0, 0.05) is 48.1 Å². The molecular formula is C24H30N4O2. The van der Waals surface area contributed by atoms with Gasteiger partial charge in [-0.25, -0.2) is 4.98 Å². The molecule has 3 aromatic rings. The normalized spacial score (nSPS) is 16.6. The highest BCUT2D eigenvalue weighted by molar-refractivity contribution is 5.87. The summed E-state index contributed by atoms with van der Waals surface area (Å²) in [5.74, 6) is 1.65. The fraction of sp³-hybridized carbons (Fsp3) is 0.458. The van der Waals surface area contributed by atoms with Crippen LogP contribution in [0, 0.1) is 6.92 Å². The van der Waals surface area contributed by atoms with Crippen molar-refractivity contribution in [3.63, 3.8) is 0 Å². The van der Waals surface area contributed by atoms with Crippen LogP contribution in [0.5, 0.6) is 5.75 Å². The molecule has 0 radical (unpaired) electrons. The summed E-state index contributed by atoms with van der Waals surface area (Å²) in [7, 11) is 1.71. The van der Waals surface area contributed by atoms with Crippen LogP contribution < -0.4 is 4.74 Å². The molecule has 0 aliphatic carbocycles. The molecule has 6 heteroatoms. The molecule has 1 aromatic carbocycles. The van der Waals surface area contributed by atoms with Gasteiger partial charge in [-0.3, -0.25) is 14.7 Å². The van der Waals surface area contributed by atoms with Gasteiger partial charge in [-0.15, -0.1) is 0 Å². The number of hydrogen-bond acceptors (Lipinski definition) is 5. The number of fused-ring (bicyclic) bond motifs is 1. The van der Waals surface area contributed by atoms with Crippen molar-refractivity contribution in [2.75, 3.05) is 26.7 Å². The van der Waals surface area contributed by atoms with E-state index in [1.165, 1.54) is 5.39 Å². The summed E-state index contributed by atoms with van der Waals surface area (Å²) in [6.07, 6.45) is 10.0. The molecule has 1 aliphatic heterocycles. The molecule has 0 amide bonds. The summed E-state index contributed by atoms with van der Waals surface area (Å²) in [6, 6.07) is 6.45. The van der Waals surface area contributed by atoms with Gasteiger partial charge in [-0.1, -0.05) is 0 Å². The number of imidazole rings is 1. The molecule has 0 bridgehead atoms. The molecule has 0 spiro atoms. The van der Waals surface area contributed by atoms with Gasteiger partial charge in [0.2, 0.25) is 0 Å². The Morgan fingerprint density at radius 1 is 1.30 bits per heavy atom. The van der Waals surface area contributed by atoms with Crippen LogP contribution in [0.2, 0.25) is 0 Å². The van der Waals surface area contributed by atoms with Crippen molar-refractivity contribution >= 4 is 16.6 Å². The van der Waals surface area contributed by atoms with Crippen LogP contribution >= 0.6 is 0 Å². The number of Topliss-reactive ketones (excluding diaryl/α,β-unsaturated/α-hetero) is 1. The fourth-order valence-electron chi connectivity index (χ4n) is 4.47. The first-order valence-electron chi connectivity index (χ1n) is 10.7. The molecule has 158 valence electrons. The number of carbonyl (C=O) groups excluding carboxylic acids is 1. The summed E-state index contributed by atoms with van der Waals surface area (Å²) in [5.41, 5.74) is 2.31. The summed E-state index contributed by atoms with van der Waals surface area (Å²) in [5, 5.41) is 2.36. The van der Waals surface area contributed by atoms with Crippen LogP contribution in [0.15, 0.2) is 43.1 Å². The maximum atomic E-state index is 12.5. The van der Waals surface area contributed by atoms with E-state index in [4.69, 9.17) is 9.72 Å². The number of ether oxygens (including phenoxy) is 1. The maximum Gasteiger partial charge on any atom is 0.148 e. The lowest BCUT2D eigenvalue weighted by Gasteiger charge is -2.31. The molecular weight excluding hydrogens is 376 g/mol. The Bertz CT molecular complexity index is 1010. The van der Waals surface area contributed by atoms with Gasteiger partial charge < -0.3 is 9.30 Å². The number of piperidine rings is 1. The molecule has 4 rings (SSSR count). The predicted octanol–water partition coefficient (Wildman–Crippen LogP) is 4.15. The third-order valence-electron chi connectivity index (χ3n) is 6.33. The minimum atomic E-state index is 0.152. The van der Waals surface area contributed by atoms with Gasteiger partial charge in [-0.05, 0) is 68.9 Å². The Morgan fingerprint density at radius 3 is 2.80 bits per heavy atom. The number of likely N-dealkylation sites (tertiary alicyclic amines) is 1. The standard InChI is InChI=1S/C24H30N4O2/c1-17(28-11-8-25-16-28)12-21(29)15-27-9-6-19(7-10-27)23-13-22-18(2)24(30-3)5-4-20(22)14-26-23/h4-5,8,11,13-14,16-17,19H,6-7,9-10,12,15H2,1-3H3/t17-/m0/s1. The van der Waals surface area contributed by atoms with E-state index in [0.29, 0.717) is 24.7 Å². The zero-order valence-corrected chi connectivity index (χ0v) is 18.0. The SMILES string of the molecule is COc1ccc2cnc(C3CCN(CC(=O)C[C@H](C)n4ccnc4)CC3)cc2c1C. The monoisotopic (exact) mass is 406 g/mol. The number of benzene rings is 1. The van der Waals surface area contributed by atoms with Crippen molar-refractivity contribution < 1.29 is 9.53 Å². The van der Waals surface area contributed by atoms with Crippen molar-refractivity contribution in [3.8, 4) is 5.75 Å². The number of carbonyl (C=O) groups is 1. The second-order valence-corrected chi connectivity index (χ2v) is 8.38. The van der Waals surface area contributed by atoms with Crippen LogP contribution in [0.1, 0.15) is 49.4 Å². The van der Waals surface area contributed by atoms with Crippen LogP contribution in [0.25, 0.3) is 10.8 Å². The molecule has 1 fully saturated rings. The molecule has 0 N–H and O–H groups in total. The molecule has 6 nitrogen and oxygen atoms in total. The Morgan fingerprint density at radius 2 is 2.10 bits per heavy atom. The van der Waals surface area contributed by atoms with Crippen LogP contribution in [-0.4, -0.2) is 52.0 Å². The number of aryl methyl sites for hydroxylation is 1. The van der Waals surface area contributed by atoms with Crippen LogP contribution in [0.4, 0.5) is 0 Å². The Hall–Kier alpha value is -2.73. The second kappa shape index (κ2) is 8.96. The summed E-state index contributed by atoms with van der Waals surface area (Å²) in [6.45, 7) is 6.57. The first-order chi connectivity index (χ1) is 14.5. The van der Waals surface area contributed by atoms with E-state index in [1.54, 1.807) is 19.6 Å². The van der Waals surface area contributed by atoms with Crippen molar-refractivity contribution in [1.29, 1.82) is 0 Å². The van der Waals surface area contributed by atoms with E-state index in [1.807, 2.05) is 23.0 Å². The average Bonchev–Trinajstić information content (AvgIpc) is 3.30. The lowest BCUT2D eigenvalue weighted by atomic mass is 9.91. The van der Waals surface area contributed by atoms with Crippen LogP contribution in [-0.2, 0) is 4.79 Å². The van der Waals surface area contributed by atoms with Gasteiger partial charge in [0.05, 0.1) is 20.0 Å². The van der Waals surface area contributed by atoms with Crippen molar-refractivity contribution in [3.05, 3.63) is 54.4 Å². The zero-order chi connectivity index (χ0) is 21.1. The van der Waals surface area contributed by atoms with E-state index in [9.17, 15) is 4.79 Å². The molecule has 1 atom stereocenters. The fourth-order valence-corrected chi connectivity index (χ4v) is 4.47. The van der Waals surface area contributed by atoms with E-state index in [0.717, 1.165) is 48.3 Å². The number of methoxy groups -OCH3 is 1. The van der Waals surface area contributed by atoms with Crippen LogP contribution in [0.3, 0.4) is 0 Å². The Labute approximate surface area is 177 Å². The summed E-state index contributed by atoms with van der Waals surface area (Å²) in [4.78, 5) is 23.6. The lowest BCUT2D eigenvalue weighted by Crippen LogP contribution is -2.37. The Balaban J connectivity index is 1.35. The number of hydrogen-bond donors (Lipinski definition) is 0. The third-order valence-corrected chi connectivity index (χ3v) is 6.33. The summed E-state index contributed by atoms with van der Waals surface area (Å²) >= 11 is 0. The largest absolute Gasteiger partial charge is 0.496 e. The van der Waals surface area contributed by atoms with Gasteiger partial charge >= 0.3 is 0 Å². The molecule has 0 unspecified atom stereocenters. The molecule has 1 aliphatic rings. The zero-order valence-electron chi connectivity index (χ0n) is 18.0. The van der Waals surface area contributed by atoms with E-state index < -0.39 is 0 Å². The number of rotatable bonds is 7. The highest BCUT2D eigenvalue weighted by Gasteiger charge is 2.24. The predicted molar refractivity (Wildman–Crippen MR) is 118 cm³/mol. The number of aromatic nitrogens is 3. The topological polar surface area (TPSA) is 60.2 Å². The van der Waals surface area contributed by atoms with E-state index >= 15 is 0 Å². The number of pyridine rings is 1. The summed E-state index contributed by atoms with van der Waals surface area (Å²) < 4.78 is 7.47. The van der Waals surface area contributed by atoms with E-state index in [2.05, 4.69) is 35.9 Å². The number of ketones is 1. The maximum absolute atomic E-state index is 12.5. The average molecular weight is 407 g/mol. The molecule has 3 heterocycles. The minimum Gasteiger partial charge on any atom is -0.496 e. The highest BCUT2D eigenvalue weighted by atomic mass is 16.5. The van der Waals surface area contributed by atoms with E-state index in [-0.39, 0.29) is 6.04 Å². The van der Waals surface area contributed by atoms with Gasteiger partial charge in [0.25, 0.3) is 0 Å². The quantitative estimate of drug-likeness (QED) is 0.590. The van der Waals surface area contributed by atoms with Crippen molar-refractivity contribution in [2.45, 2.75) is 45.1 Å². The minimum absolute atomic E-state index is 0.152. The molecule has 2 aromatic heterocycles. The third kappa shape index (κ3) is 4.38. The first kappa shape index (κ1) is 20.5. The molecule has 1 saturated heterocycles. The first-order valence-corrected chi connectivity index (χ1v) is 10.7. The molecule has 30 heavy (non-hydrogen) atoms. The second-order valence-electron chi connectivity index (χ2n) is 8.38. The molecule has 0 saturated carbocycles. The number of nitrogens with zero attached hydrogens (tertiary/aromatic N) is 4. The lowest BCUT2D eigenvalue weighted by molar-refractivity contribution is -0.121. The van der Waals surface area contributed by atoms with Gasteiger partial charge in [0.1, 0.15) is 11.5 Å². The van der Waals surface area contributed by atoms with Gasteiger partial charge in [-0.2, -0.15) is 0 Å². The van der Waals surface area contributed by atoms with Crippen molar-refractivity contribution in [2.24, 2.45) is 0 Å². The van der Waals surface area contributed by atoms with Gasteiger partial charge in [0.15, 0.2) is 0 Å². The highest BCUT2D eigenvalue weighted by Crippen LogP contribution is 2.32. The Kier molecular flexibility index (Phi) is 6.13. The smallest absolute Gasteiger partial charge is 0.148 e. The van der Waals surface area contributed by atoms with Crippen molar-refractivity contribution in [1.82, 2.24) is 19.4 Å².